The van der Waals surface area contributed by atoms with Gasteiger partial charge in [0, 0.05) is 20.5 Å². The van der Waals surface area contributed by atoms with Gasteiger partial charge in [0.1, 0.15) is 0 Å². The molecular weight excluding hydrogens is 1010 g/mol. The molecule has 2 aromatic heterocycles. The monoisotopic (exact) mass is 1060 g/mol. The molecule has 0 amide bonds. The van der Waals surface area contributed by atoms with E-state index in [0.717, 1.165) is 0 Å². The molecule has 0 saturated heterocycles. The van der Waals surface area contributed by atoms with Gasteiger partial charge in [0.05, 0.1) is 5.41 Å². The van der Waals surface area contributed by atoms with Crippen LogP contribution in [0.3, 0.4) is 0 Å². The van der Waals surface area contributed by atoms with Crippen molar-refractivity contribution in [2.45, 2.75) is 5.41 Å². The second-order valence-electron chi connectivity index (χ2n) is 22.1. The first-order chi connectivity index (χ1) is 40.3. The van der Waals surface area contributed by atoms with Crippen LogP contribution in [-0.2, 0) is 5.41 Å². The number of hydrogen-bond acceptors (Lipinski definition) is 0. The Bertz CT molecular complexity index is 5130. The van der Waals surface area contributed by atoms with Crippen molar-refractivity contribution >= 4 is 89.4 Å². The minimum absolute atomic E-state index is 0.517. The molecule has 0 aliphatic heterocycles. The van der Waals surface area contributed by atoms with Crippen molar-refractivity contribution in [3.63, 3.8) is 0 Å². The third kappa shape index (κ3) is 6.11. The summed E-state index contributed by atoms with van der Waals surface area (Å²) in [5.74, 6) is 0. The van der Waals surface area contributed by atoms with Crippen LogP contribution in [0.2, 0.25) is 0 Å². The third-order valence-corrected chi connectivity index (χ3v) is 23.5. The molecule has 0 N–H and O–H groups in total. The van der Waals surface area contributed by atoms with Gasteiger partial charge in [-0.15, -0.1) is 0 Å². The molecule has 0 saturated carbocycles. The van der Waals surface area contributed by atoms with Crippen molar-refractivity contribution < 1.29 is 0 Å². The minimum atomic E-state index is -0.847. The SMILES string of the molecule is c1ccc(-p2c3ccccc3c3cccc(-c4cccc5c(-c6cccc7c6-c6ccccc6C76c7ccccc7-c7c6ccc6ccccc76)c6cccc(-c7cccc8c9ccccc9p(-c9ccccc9)c78)c6cc45)c32)cc1. The maximum Gasteiger partial charge on any atom is 0.0725 e. The molecule has 2 heterocycles. The predicted molar refractivity (Wildman–Crippen MR) is 350 cm³/mol. The summed E-state index contributed by atoms with van der Waals surface area (Å²) in [7, 11) is -1.69. The van der Waals surface area contributed by atoms with E-state index in [2.05, 4.69) is 291 Å². The molecule has 81 heavy (non-hydrogen) atoms. The molecule has 0 nitrogen and oxygen atoms in total. The molecule has 3 unspecified atom stereocenters. The molecule has 2 heteroatoms. The lowest BCUT2D eigenvalue weighted by Crippen LogP contribution is -2.25. The van der Waals surface area contributed by atoms with Gasteiger partial charge in [-0.05, 0) is 148 Å². The third-order valence-electron chi connectivity index (χ3n) is 18.3. The Hall–Kier alpha value is -9.54. The van der Waals surface area contributed by atoms with Crippen LogP contribution in [0.5, 0.6) is 0 Å². The summed E-state index contributed by atoms with van der Waals surface area (Å²) in [6, 6.07) is 112. The van der Waals surface area contributed by atoms with Gasteiger partial charge in [-0.2, -0.15) is 0 Å². The zero-order valence-corrected chi connectivity index (χ0v) is 45.9. The second kappa shape index (κ2) is 17.2. The highest BCUT2D eigenvalue weighted by molar-refractivity contribution is 7.68. The second-order valence-corrected chi connectivity index (χ2v) is 26.3. The van der Waals surface area contributed by atoms with Crippen molar-refractivity contribution in [1.29, 1.82) is 0 Å². The van der Waals surface area contributed by atoms with Crippen LogP contribution in [0.15, 0.2) is 291 Å². The van der Waals surface area contributed by atoms with Crippen molar-refractivity contribution in [1.82, 2.24) is 0 Å². The number of hydrogen-bond donors (Lipinski definition) is 0. The van der Waals surface area contributed by atoms with Gasteiger partial charge in [0.25, 0.3) is 0 Å². The lowest BCUT2D eigenvalue weighted by molar-refractivity contribution is 0.794. The average Bonchev–Trinajstić information content (AvgIpc) is 3.00. The van der Waals surface area contributed by atoms with E-state index in [9.17, 15) is 0 Å². The maximum absolute atomic E-state index is 2.59. The standard InChI is InChI=1S/C79H48P2/c1-3-23-50(24-4-1)80-72-44-15-11-28-55(72)61-38-19-36-59(77(61)80)53-32-17-34-57-66(53)48-67-54(60-37-20-39-62-56-29-12-16-45-73(56)81(78(60)62)51-25-5-2-6-26-51)33-18-35-58(67)74(57)65-40-21-43-70-76(65)64-31-10-14-42-69(64)79(70)68-41-13-9-30-63(68)75-52-27-8-7-22-49(52)46-47-71(75)79/h1-48H. The molecule has 3 atom stereocenters. The minimum Gasteiger partial charge on any atom is -0.0766 e. The molecule has 2 aliphatic carbocycles. The van der Waals surface area contributed by atoms with Gasteiger partial charge in [-0.3, -0.25) is 0 Å². The van der Waals surface area contributed by atoms with Gasteiger partial charge in [0.2, 0.25) is 0 Å². The first-order valence-corrected chi connectivity index (χ1v) is 30.9. The van der Waals surface area contributed by atoms with Gasteiger partial charge >= 0.3 is 0 Å². The summed E-state index contributed by atoms with van der Waals surface area (Å²) in [6.07, 6.45) is 0. The van der Waals surface area contributed by atoms with Crippen molar-refractivity contribution in [3.8, 4) is 66.2 Å². The molecule has 0 bridgehead atoms. The molecule has 18 rings (SSSR count). The summed E-state index contributed by atoms with van der Waals surface area (Å²) >= 11 is 0. The number of fused-ring (bicyclic) bond motifs is 20. The van der Waals surface area contributed by atoms with Gasteiger partial charge in [-0.25, -0.2) is 0 Å². The quantitative estimate of drug-likeness (QED) is 0.151. The molecule has 374 valence electrons. The van der Waals surface area contributed by atoms with Crippen LogP contribution in [-0.4, -0.2) is 0 Å². The predicted octanol–water partition coefficient (Wildman–Crippen LogP) is 23.1. The average molecular weight is 1060 g/mol. The lowest BCUT2D eigenvalue weighted by Gasteiger charge is -2.30. The molecule has 14 aromatic carbocycles. The van der Waals surface area contributed by atoms with E-state index in [1.807, 2.05) is 0 Å². The highest BCUT2D eigenvalue weighted by Crippen LogP contribution is 2.66. The first kappa shape index (κ1) is 45.3. The van der Waals surface area contributed by atoms with Crippen LogP contribution >= 0.6 is 15.1 Å². The van der Waals surface area contributed by atoms with Crippen LogP contribution in [0.1, 0.15) is 22.3 Å². The Labute approximate surface area is 471 Å². The highest BCUT2D eigenvalue weighted by atomic mass is 31.1. The number of benzene rings is 14. The van der Waals surface area contributed by atoms with Gasteiger partial charge in [0.15, 0.2) is 0 Å². The van der Waals surface area contributed by atoms with Crippen LogP contribution < -0.4 is 0 Å². The maximum atomic E-state index is 2.59. The van der Waals surface area contributed by atoms with E-state index < -0.39 is 20.5 Å². The van der Waals surface area contributed by atoms with Crippen molar-refractivity contribution in [3.05, 3.63) is 313 Å². The summed E-state index contributed by atoms with van der Waals surface area (Å²) in [4.78, 5) is 0. The van der Waals surface area contributed by atoms with Crippen LogP contribution in [0, 0.1) is 0 Å². The Morgan fingerprint density at radius 3 is 1.19 bits per heavy atom. The highest BCUT2D eigenvalue weighted by Gasteiger charge is 2.52. The van der Waals surface area contributed by atoms with E-state index in [-0.39, 0.29) is 0 Å². The summed E-state index contributed by atoms with van der Waals surface area (Å²) in [6.45, 7) is 0. The van der Waals surface area contributed by atoms with Gasteiger partial charge < -0.3 is 0 Å². The fraction of sp³-hybridized carbons (Fsp3) is 0.0127. The Morgan fingerprint density at radius 2 is 0.605 bits per heavy atom. The molecule has 0 fully saturated rings. The molecule has 0 radical (unpaired) electrons. The largest absolute Gasteiger partial charge is 0.0766 e. The van der Waals surface area contributed by atoms with Crippen LogP contribution in [0.4, 0.5) is 0 Å². The van der Waals surface area contributed by atoms with E-state index in [4.69, 9.17) is 0 Å². The van der Waals surface area contributed by atoms with E-state index in [1.165, 1.54) is 163 Å². The van der Waals surface area contributed by atoms with Crippen molar-refractivity contribution in [2.24, 2.45) is 0 Å². The summed E-state index contributed by atoms with van der Waals surface area (Å²) in [5.41, 5.74) is 17.9. The van der Waals surface area contributed by atoms with E-state index in [0.29, 0.717) is 0 Å². The molecule has 2 aliphatic rings. The van der Waals surface area contributed by atoms with E-state index >= 15 is 0 Å². The fourth-order valence-electron chi connectivity index (χ4n) is 15.3. The molecule has 1 spiro atoms. The Balaban J connectivity index is 0.998. The van der Waals surface area contributed by atoms with E-state index in [1.54, 1.807) is 0 Å². The zero-order valence-electron chi connectivity index (χ0n) is 44.1. The number of rotatable bonds is 5. The first-order valence-electron chi connectivity index (χ1n) is 28.3. The molecular formula is C79H48P2. The topological polar surface area (TPSA) is 0 Å². The van der Waals surface area contributed by atoms with Crippen LogP contribution in [0.25, 0.3) is 141 Å². The van der Waals surface area contributed by atoms with Gasteiger partial charge in [-0.1, -0.05) is 300 Å². The summed E-state index contributed by atoms with van der Waals surface area (Å²) < 4.78 is 0. The Kier molecular flexibility index (Phi) is 9.64. The lowest BCUT2D eigenvalue weighted by atomic mass is 9.70. The smallest absolute Gasteiger partial charge is 0.0725 e. The Morgan fingerprint density at radius 1 is 0.210 bits per heavy atom. The fourth-order valence-corrected chi connectivity index (χ4v) is 20.8. The molecule has 16 aromatic rings. The summed E-state index contributed by atoms with van der Waals surface area (Å²) in [5, 5.41) is 21.5. The normalized spacial score (nSPS) is 14.7. The zero-order chi connectivity index (χ0) is 52.9. The van der Waals surface area contributed by atoms with Crippen molar-refractivity contribution in [2.75, 3.05) is 0 Å².